The van der Waals surface area contributed by atoms with Crippen molar-refractivity contribution in [2.24, 2.45) is 0 Å². The minimum Gasteiger partial charge on any atom is -0.320 e. The molecule has 0 saturated carbocycles. The van der Waals surface area contributed by atoms with Gasteiger partial charge in [-0.05, 0) is 17.1 Å². The Morgan fingerprint density at radius 2 is 2.27 bits per heavy atom. The van der Waals surface area contributed by atoms with E-state index in [4.69, 9.17) is 17.3 Å². The summed E-state index contributed by atoms with van der Waals surface area (Å²) in [6, 6.07) is 1.88. The highest BCUT2D eigenvalue weighted by atomic mass is 32.1. The van der Waals surface area contributed by atoms with Crippen LogP contribution >= 0.6 is 11.3 Å². The number of rotatable bonds is 1. The minimum atomic E-state index is -0.182. The third kappa shape index (κ3) is 1.34. The van der Waals surface area contributed by atoms with Gasteiger partial charge >= 0.3 is 0 Å². The molecular weight excluding hydrogens is 159 g/mol. The summed E-state index contributed by atoms with van der Waals surface area (Å²) in [7, 11) is 5.54. The molecule has 2 nitrogen and oxygen atoms in total. The van der Waals surface area contributed by atoms with E-state index in [9.17, 15) is 0 Å². The maximum Gasteiger partial charge on any atom is 0.190 e. The number of ether oxygens (including phenoxy) is 2. The summed E-state index contributed by atoms with van der Waals surface area (Å²) >= 11 is 1.50. The molecule has 2 rings (SSSR count). The Morgan fingerprint density at radius 3 is 2.73 bits per heavy atom. The van der Waals surface area contributed by atoms with Crippen LogP contribution in [0, 0.1) is 0 Å². The van der Waals surface area contributed by atoms with Gasteiger partial charge in [-0.25, -0.2) is 0 Å². The second kappa shape index (κ2) is 2.62. The van der Waals surface area contributed by atoms with Crippen LogP contribution < -0.4 is 4.78 Å². The average molecular weight is 166 g/mol. The highest BCUT2D eigenvalue weighted by molar-refractivity contribution is 7.18. The minimum absolute atomic E-state index is 0.0684. The van der Waals surface area contributed by atoms with Crippen molar-refractivity contribution in [3.05, 3.63) is 17.0 Å². The SMILES string of the molecule is [B]c1cc(C2OC(C)O2)cs1. The zero-order valence-corrected chi connectivity index (χ0v) is 6.93. The van der Waals surface area contributed by atoms with Gasteiger partial charge in [0, 0.05) is 5.56 Å². The fraction of sp³-hybridized carbons (Fsp3) is 0.429. The van der Waals surface area contributed by atoms with Crippen molar-refractivity contribution in [3.8, 4) is 0 Å². The summed E-state index contributed by atoms with van der Waals surface area (Å²) in [5.74, 6) is 0. The van der Waals surface area contributed by atoms with Crippen LogP contribution in [0.2, 0.25) is 0 Å². The first-order valence-electron chi connectivity index (χ1n) is 3.40. The highest BCUT2D eigenvalue weighted by Crippen LogP contribution is 2.31. The molecule has 11 heavy (non-hydrogen) atoms. The number of hydrogen-bond donors (Lipinski definition) is 0. The van der Waals surface area contributed by atoms with E-state index in [1.54, 1.807) is 0 Å². The second-order valence-corrected chi connectivity index (χ2v) is 3.40. The van der Waals surface area contributed by atoms with Gasteiger partial charge in [-0.1, -0.05) is 6.07 Å². The van der Waals surface area contributed by atoms with Crippen LogP contribution in [0.3, 0.4) is 0 Å². The van der Waals surface area contributed by atoms with Gasteiger partial charge in [0.1, 0.15) is 7.85 Å². The Balaban J connectivity index is 2.07. The van der Waals surface area contributed by atoms with Crippen LogP contribution in [-0.4, -0.2) is 14.1 Å². The molecule has 0 atom stereocenters. The maximum atomic E-state index is 5.54. The Bertz CT molecular complexity index is 255. The van der Waals surface area contributed by atoms with Crippen molar-refractivity contribution in [3.63, 3.8) is 0 Å². The summed E-state index contributed by atoms with van der Waals surface area (Å²) in [5, 5.41) is 1.95. The van der Waals surface area contributed by atoms with Gasteiger partial charge in [-0.2, -0.15) is 11.3 Å². The molecule has 2 radical (unpaired) electrons. The molecule has 0 bridgehead atoms. The fourth-order valence-electron chi connectivity index (χ4n) is 1.01. The monoisotopic (exact) mass is 166 g/mol. The third-order valence-electron chi connectivity index (χ3n) is 1.54. The molecule has 2 heterocycles. The Labute approximate surface area is 70.5 Å². The maximum absolute atomic E-state index is 5.54. The van der Waals surface area contributed by atoms with E-state index in [2.05, 4.69) is 0 Å². The summed E-state index contributed by atoms with van der Waals surface area (Å²) in [5.41, 5.74) is 1.02. The van der Waals surface area contributed by atoms with E-state index in [0.717, 1.165) is 10.3 Å². The Hall–Kier alpha value is -0.315. The molecule has 0 amide bonds. The van der Waals surface area contributed by atoms with Gasteiger partial charge in [-0.15, -0.1) is 0 Å². The molecule has 1 aromatic heterocycles. The largest absolute Gasteiger partial charge is 0.320 e. The lowest BCUT2D eigenvalue weighted by Gasteiger charge is -2.33. The van der Waals surface area contributed by atoms with Crippen molar-refractivity contribution in [2.75, 3.05) is 0 Å². The van der Waals surface area contributed by atoms with Crippen LogP contribution in [0.5, 0.6) is 0 Å². The lowest BCUT2D eigenvalue weighted by molar-refractivity contribution is -0.382. The van der Waals surface area contributed by atoms with Gasteiger partial charge in [0.2, 0.25) is 0 Å². The molecule has 4 heteroatoms. The predicted molar refractivity (Wildman–Crippen MR) is 44.1 cm³/mol. The molecule has 1 aliphatic rings. The topological polar surface area (TPSA) is 18.5 Å². The summed E-state index contributed by atoms with van der Waals surface area (Å²) in [4.78, 5) is 0. The van der Waals surface area contributed by atoms with E-state index in [0.29, 0.717) is 0 Å². The number of thiophene rings is 1. The van der Waals surface area contributed by atoms with E-state index in [1.165, 1.54) is 11.3 Å². The molecule has 0 N–H and O–H groups in total. The molecular formula is C7H7BO2S. The van der Waals surface area contributed by atoms with Crippen LogP contribution in [0.4, 0.5) is 0 Å². The van der Waals surface area contributed by atoms with Crippen molar-refractivity contribution in [1.29, 1.82) is 0 Å². The zero-order chi connectivity index (χ0) is 7.84. The summed E-state index contributed by atoms with van der Waals surface area (Å²) in [6.45, 7) is 1.87. The van der Waals surface area contributed by atoms with Crippen molar-refractivity contribution >= 4 is 24.0 Å². The van der Waals surface area contributed by atoms with Crippen LogP contribution in [0.15, 0.2) is 11.4 Å². The molecule has 0 aromatic carbocycles. The quantitative estimate of drug-likeness (QED) is 0.578. The normalized spacial score (nSPS) is 29.9. The predicted octanol–water partition coefficient (Wildman–Crippen LogP) is 0.933. The standard InChI is InChI=1S/C7H7BO2S/c1-4-9-7(10-4)5-2-6(8)11-3-5/h2-4,7H,1H3. The van der Waals surface area contributed by atoms with Crippen molar-refractivity contribution in [1.82, 2.24) is 0 Å². The Morgan fingerprint density at radius 1 is 1.55 bits per heavy atom. The van der Waals surface area contributed by atoms with Crippen LogP contribution in [0.25, 0.3) is 0 Å². The molecule has 56 valence electrons. The third-order valence-corrected chi connectivity index (χ3v) is 2.32. The first-order valence-corrected chi connectivity index (χ1v) is 4.28. The first kappa shape index (κ1) is 7.34. The van der Waals surface area contributed by atoms with Gasteiger partial charge < -0.3 is 9.47 Å². The molecule has 0 spiro atoms. The van der Waals surface area contributed by atoms with E-state index in [1.807, 2.05) is 18.4 Å². The van der Waals surface area contributed by atoms with Gasteiger partial charge in [0.25, 0.3) is 0 Å². The zero-order valence-electron chi connectivity index (χ0n) is 6.11. The molecule has 0 unspecified atom stereocenters. The molecule has 1 aromatic rings. The number of hydrogen-bond acceptors (Lipinski definition) is 3. The van der Waals surface area contributed by atoms with Crippen molar-refractivity contribution < 1.29 is 9.47 Å². The molecule has 1 fully saturated rings. The van der Waals surface area contributed by atoms with E-state index in [-0.39, 0.29) is 12.6 Å². The molecule has 0 aliphatic carbocycles. The van der Waals surface area contributed by atoms with Gasteiger partial charge in [0.15, 0.2) is 12.6 Å². The second-order valence-electron chi connectivity index (χ2n) is 2.45. The van der Waals surface area contributed by atoms with Crippen LogP contribution in [0.1, 0.15) is 18.8 Å². The van der Waals surface area contributed by atoms with Gasteiger partial charge in [0.05, 0.1) is 0 Å². The first-order chi connectivity index (χ1) is 5.25. The van der Waals surface area contributed by atoms with E-state index < -0.39 is 0 Å². The smallest absolute Gasteiger partial charge is 0.190 e. The van der Waals surface area contributed by atoms with E-state index >= 15 is 0 Å². The molecule has 1 saturated heterocycles. The van der Waals surface area contributed by atoms with Gasteiger partial charge in [-0.3, -0.25) is 0 Å². The lowest BCUT2D eigenvalue weighted by atomic mass is 10.1. The lowest BCUT2D eigenvalue weighted by Crippen LogP contribution is -2.31. The fourth-order valence-corrected chi connectivity index (χ4v) is 1.66. The Kier molecular flexibility index (Phi) is 1.75. The summed E-state index contributed by atoms with van der Waals surface area (Å²) in [6.07, 6.45) is -0.250. The average Bonchev–Trinajstić information content (AvgIpc) is 2.29. The molecule has 1 aliphatic heterocycles. The summed E-state index contributed by atoms with van der Waals surface area (Å²) < 4.78 is 11.3. The van der Waals surface area contributed by atoms with Crippen molar-refractivity contribution in [2.45, 2.75) is 19.5 Å². The highest BCUT2D eigenvalue weighted by Gasteiger charge is 2.28. The van der Waals surface area contributed by atoms with Crippen LogP contribution in [-0.2, 0) is 9.47 Å².